The van der Waals surface area contributed by atoms with Crippen molar-refractivity contribution in [2.45, 2.75) is 11.8 Å². The third kappa shape index (κ3) is 3.50. The zero-order valence-electron chi connectivity index (χ0n) is 15.6. The Morgan fingerprint density at radius 3 is 2.25 bits per heavy atom. The molecule has 0 atom stereocenters. The van der Waals surface area contributed by atoms with Gasteiger partial charge >= 0.3 is 0 Å². The molecule has 0 N–H and O–H groups in total. The summed E-state index contributed by atoms with van der Waals surface area (Å²) < 4.78 is 27.3. The maximum atomic E-state index is 12.9. The van der Waals surface area contributed by atoms with Crippen molar-refractivity contribution in [3.05, 3.63) is 66.2 Å². The van der Waals surface area contributed by atoms with E-state index < -0.39 is 10.0 Å². The average Bonchev–Trinajstić information content (AvgIpc) is 2.73. The number of rotatable bonds is 4. The summed E-state index contributed by atoms with van der Waals surface area (Å²) in [5.41, 5.74) is 1.44. The lowest BCUT2D eigenvalue weighted by Gasteiger charge is -2.34. The normalized spacial score (nSPS) is 15.7. The van der Waals surface area contributed by atoms with Crippen molar-refractivity contribution >= 4 is 32.5 Å². The summed E-state index contributed by atoms with van der Waals surface area (Å²) in [6, 6.07) is 18.1. The minimum atomic E-state index is -3.57. The van der Waals surface area contributed by atoms with E-state index in [0.29, 0.717) is 31.7 Å². The molecule has 2 heterocycles. The molecule has 1 aliphatic rings. The highest BCUT2D eigenvalue weighted by Gasteiger charge is 2.29. The minimum Gasteiger partial charge on any atom is -0.354 e. The predicted molar refractivity (Wildman–Crippen MR) is 109 cm³/mol. The van der Waals surface area contributed by atoms with Gasteiger partial charge < -0.3 is 4.90 Å². The number of fused-ring (bicyclic) bond motifs is 1. The fourth-order valence-corrected chi connectivity index (χ4v) is 4.82. The van der Waals surface area contributed by atoms with E-state index in [1.165, 1.54) is 23.4 Å². The van der Waals surface area contributed by atoms with E-state index in [9.17, 15) is 13.2 Å². The van der Waals surface area contributed by atoms with Gasteiger partial charge in [-0.1, -0.05) is 30.3 Å². The number of pyridine rings is 1. The Morgan fingerprint density at radius 2 is 1.57 bits per heavy atom. The summed E-state index contributed by atoms with van der Waals surface area (Å²) in [6.07, 6.45) is 0. The molecule has 3 aromatic rings. The molecule has 6 nitrogen and oxygen atoms in total. The standard InChI is InChI=1S/C21H21N3O3S/c1-16(25)17-6-9-19(10-7-17)28(26,27)24-14-12-23(13-15-24)21-11-8-18-4-2-3-5-20(18)22-21/h2-11H,12-15H2,1H3. The number of para-hydroxylation sites is 1. The molecule has 7 heteroatoms. The molecule has 1 saturated heterocycles. The first-order valence-corrected chi connectivity index (χ1v) is 10.6. The van der Waals surface area contributed by atoms with Crippen molar-refractivity contribution in [3.8, 4) is 0 Å². The van der Waals surface area contributed by atoms with E-state index in [2.05, 4.69) is 4.90 Å². The van der Waals surface area contributed by atoms with Crippen LogP contribution < -0.4 is 4.90 Å². The molecule has 0 amide bonds. The lowest BCUT2D eigenvalue weighted by molar-refractivity contribution is 0.101. The smallest absolute Gasteiger partial charge is 0.243 e. The van der Waals surface area contributed by atoms with Crippen molar-refractivity contribution < 1.29 is 13.2 Å². The quantitative estimate of drug-likeness (QED) is 0.635. The number of Topliss-reactive ketones (excluding diaryl/α,β-unsaturated/α-hetero) is 1. The summed E-state index contributed by atoms with van der Waals surface area (Å²) in [6.45, 7) is 3.41. The predicted octanol–water partition coefficient (Wildman–Crippen LogP) is 2.95. The topological polar surface area (TPSA) is 70.6 Å². The molecule has 0 radical (unpaired) electrons. The Hall–Kier alpha value is -2.77. The average molecular weight is 395 g/mol. The minimum absolute atomic E-state index is 0.0829. The first-order valence-electron chi connectivity index (χ1n) is 9.17. The lowest BCUT2D eigenvalue weighted by Crippen LogP contribution is -2.48. The third-order valence-corrected chi connectivity index (χ3v) is 6.96. The largest absolute Gasteiger partial charge is 0.354 e. The number of anilines is 1. The second-order valence-electron chi connectivity index (χ2n) is 6.83. The monoisotopic (exact) mass is 395 g/mol. The van der Waals surface area contributed by atoms with Crippen LogP contribution in [-0.4, -0.2) is 49.7 Å². The molecule has 144 valence electrons. The van der Waals surface area contributed by atoms with Gasteiger partial charge in [0.15, 0.2) is 5.78 Å². The van der Waals surface area contributed by atoms with Gasteiger partial charge in [-0.2, -0.15) is 4.31 Å². The molecule has 0 unspecified atom stereocenters. The zero-order chi connectivity index (χ0) is 19.7. The van der Waals surface area contributed by atoms with Gasteiger partial charge in [0.2, 0.25) is 10.0 Å². The van der Waals surface area contributed by atoms with Crippen molar-refractivity contribution in [2.24, 2.45) is 0 Å². The van der Waals surface area contributed by atoms with Crippen molar-refractivity contribution in [1.29, 1.82) is 0 Å². The summed E-state index contributed by atoms with van der Waals surface area (Å²) in [5, 5.41) is 1.08. The van der Waals surface area contributed by atoms with E-state index in [4.69, 9.17) is 4.98 Å². The van der Waals surface area contributed by atoms with Gasteiger partial charge in [0.1, 0.15) is 5.82 Å². The lowest BCUT2D eigenvalue weighted by atomic mass is 10.2. The molecule has 28 heavy (non-hydrogen) atoms. The van der Waals surface area contributed by atoms with Gasteiger partial charge in [0.05, 0.1) is 10.4 Å². The van der Waals surface area contributed by atoms with Gasteiger partial charge in [-0.15, -0.1) is 0 Å². The molecule has 1 fully saturated rings. The molecule has 1 aliphatic heterocycles. The second-order valence-corrected chi connectivity index (χ2v) is 8.77. The molecular weight excluding hydrogens is 374 g/mol. The Kier molecular flexibility index (Phi) is 4.87. The number of hydrogen-bond acceptors (Lipinski definition) is 5. The highest BCUT2D eigenvalue weighted by atomic mass is 32.2. The summed E-state index contributed by atoms with van der Waals surface area (Å²) in [4.78, 5) is 18.4. The Morgan fingerprint density at radius 1 is 0.893 bits per heavy atom. The number of sulfonamides is 1. The van der Waals surface area contributed by atoms with Gasteiger partial charge in [-0.05, 0) is 37.3 Å². The highest BCUT2D eigenvalue weighted by Crippen LogP contribution is 2.22. The number of nitrogens with zero attached hydrogens (tertiary/aromatic N) is 3. The second kappa shape index (κ2) is 7.33. The van der Waals surface area contributed by atoms with Gasteiger partial charge in [-0.3, -0.25) is 4.79 Å². The SMILES string of the molecule is CC(=O)c1ccc(S(=O)(=O)N2CCN(c3ccc4ccccc4n3)CC2)cc1. The van der Waals surface area contributed by atoms with E-state index in [-0.39, 0.29) is 10.7 Å². The van der Waals surface area contributed by atoms with Crippen molar-refractivity contribution in [1.82, 2.24) is 9.29 Å². The van der Waals surface area contributed by atoms with Crippen LogP contribution in [0, 0.1) is 0 Å². The number of carbonyl (C=O) groups excluding carboxylic acids is 1. The number of benzene rings is 2. The number of ketones is 1. The van der Waals surface area contributed by atoms with Crippen molar-refractivity contribution in [3.63, 3.8) is 0 Å². The summed E-state index contributed by atoms with van der Waals surface area (Å²) in [7, 11) is -3.57. The van der Waals surface area contributed by atoms with Crippen LogP contribution in [0.25, 0.3) is 10.9 Å². The first-order chi connectivity index (χ1) is 13.4. The Bertz CT molecular complexity index is 1120. The van der Waals surface area contributed by atoms with Gasteiger partial charge in [0.25, 0.3) is 0 Å². The Balaban J connectivity index is 1.48. The molecule has 0 spiro atoms. The van der Waals surface area contributed by atoms with Crippen LogP contribution in [0.15, 0.2) is 65.6 Å². The molecule has 0 saturated carbocycles. The van der Waals surface area contributed by atoms with Crippen LogP contribution in [0.2, 0.25) is 0 Å². The Labute approximate surface area is 164 Å². The zero-order valence-corrected chi connectivity index (χ0v) is 16.4. The van der Waals surface area contributed by atoms with E-state index in [0.717, 1.165) is 16.7 Å². The molecule has 4 rings (SSSR count). The fourth-order valence-electron chi connectivity index (χ4n) is 3.40. The first kappa shape index (κ1) is 18.6. The highest BCUT2D eigenvalue weighted by molar-refractivity contribution is 7.89. The van der Waals surface area contributed by atoms with E-state index in [1.807, 2.05) is 36.4 Å². The maximum absolute atomic E-state index is 12.9. The number of piperazine rings is 1. The molecule has 1 aromatic heterocycles. The maximum Gasteiger partial charge on any atom is 0.243 e. The van der Waals surface area contributed by atoms with Crippen LogP contribution >= 0.6 is 0 Å². The number of carbonyl (C=O) groups is 1. The molecule has 2 aromatic carbocycles. The van der Waals surface area contributed by atoms with Gasteiger partial charge in [0, 0.05) is 37.1 Å². The van der Waals surface area contributed by atoms with Crippen LogP contribution in [0.3, 0.4) is 0 Å². The van der Waals surface area contributed by atoms with E-state index >= 15 is 0 Å². The van der Waals surface area contributed by atoms with Crippen LogP contribution in [0.5, 0.6) is 0 Å². The number of hydrogen-bond donors (Lipinski definition) is 0. The molecule has 0 aliphatic carbocycles. The fraction of sp³-hybridized carbons (Fsp3) is 0.238. The van der Waals surface area contributed by atoms with E-state index in [1.54, 1.807) is 12.1 Å². The van der Waals surface area contributed by atoms with Crippen LogP contribution in [0.1, 0.15) is 17.3 Å². The molecular formula is C21H21N3O3S. The van der Waals surface area contributed by atoms with Crippen molar-refractivity contribution in [2.75, 3.05) is 31.1 Å². The van der Waals surface area contributed by atoms with Gasteiger partial charge in [-0.25, -0.2) is 13.4 Å². The number of aromatic nitrogens is 1. The molecule has 0 bridgehead atoms. The van der Waals surface area contributed by atoms with Crippen LogP contribution in [0.4, 0.5) is 5.82 Å². The van der Waals surface area contributed by atoms with Crippen LogP contribution in [-0.2, 0) is 10.0 Å². The third-order valence-electron chi connectivity index (χ3n) is 5.04. The summed E-state index contributed by atoms with van der Waals surface area (Å²) >= 11 is 0. The summed E-state index contributed by atoms with van der Waals surface area (Å²) in [5.74, 6) is 0.780.